The lowest BCUT2D eigenvalue weighted by molar-refractivity contribution is 0.670. The molecule has 0 unspecified atom stereocenters. The van der Waals surface area contributed by atoms with Gasteiger partial charge in [-0.1, -0.05) is 188 Å². The van der Waals surface area contributed by atoms with Gasteiger partial charge < -0.3 is 14.2 Å². The van der Waals surface area contributed by atoms with Crippen molar-refractivity contribution < 1.29 is 4.42 Å². The zero-order chi connectivity index (χ0) is 45.4. The third-order valence-corrected chi connectivity index (χ3v) is 14.2. The van der Waals surface area contributed by atoms with Crippen molar-refractivity contribution in [2.75, 3.05) is 9.80 Å². The number of benzene rings is 11. The van der Waals surface area contributed by atoms with Crippen LogP contribution < -0.4 is 9.80 Å². The maximum Gasteiger partial charge on any atom is 0.143 e. The van der Waals surface area contributed by atoms with Crippen LogP contribution in [-0.4, -0.2) is 0 Å². The fourth-order valence-corrected chi connectivity index (χ4v) is 11.0. The van der Waals surface area contributed by atoms with Gasteiger partial charge in [0.15, 0.2) is 0 Å². The number of hydrogen-bond donors (Lipinski definition) is 0. The average molecular weight is 879 g/mol. The Balaban J connectivity index is 0.922. The van der Waals surface area contributed by atoms with Gasteiger partial charge in [-0.25, -0.2) is 0 Å². The number of nitrogens with zero attached hydrogens (tertiary/aromatic N) is 2. The Morgan fingerprint density at radius 2 is 0.667 bits per heavy atom. The zero-order valence-electron chi connectivity index (χ0n) is 37.6. The van der Waals surface area contributed by atoms with Gasteiger partial charge in [0.05, 0.1) is 22.7 Å². The molecular weight excluding hydrogens is 837 g/mol. The van der Waals surface area contributed by atoms with Crippen molar-refractivity contribution in [2.45, 2.75) is 0 Å². The van der Waals surface area contributed by atoms with E-state index in [2.05, 4.69) is 252 Å². The molecule has 0 atom stereocenters. The minimum Gasteiger partial charge on any atom is -0.455 e. The van der Waals surface area contributed by atoms with E-state index in [1.807, 2.05) is 12.1 Å². The number of rotatable bonds is 5. The van der Waals surface area contributed by atoms with Gasteiger partial charge in [-0.2, -0.15) is 0 Å². The van der Waals surface area contributed by atoms with Gasteiger partial charge in [0.1, 0.15) is 11.2 Å². The molecule has 0 bridgehead atoms. The Morgan fingerprint density at radius 3 is 1.30 bits per heavy atom. The van der Waals surface area contributed by atoms with Gasteiger partial charge in [0.25, 0.3) is 0 Å². The monoisotopic (exact) mass is 878 g/mol. The summed E-state index contributed by atoms with van der Waals surface area (Å²) >= 11 is 0. The molecule has 2 aliphatic rings. The molecule has 0 saturated heterocycles. The molecule has 2 aliphatic heterocycles. The number of hydrogen-bond acceptors (Lipinski definition) is 3. The van der Waals surface area contributed by atoms with Gasteiger partial charge >= 0.3 is 0 Å². The first-order chi connectivity index (χ1) is 34.2. The van der Waals surface area contributed by atoms with Gasteiger partial charge in [-0.05, 0) is 117 Å². The second-order valence-corrected chi connectivity index (χ2v) is 18.0. The lowest BCUT2D eigenvalue weighted by atomic mass is 9.90. The summed E-state index contributed by atoms with van der Waals surface area (Å²) < 4.78 is 6.48. The first-order valence-corrected chi connectivity index (χ1v) is 23.7. The van der Waals surface area contributed by atoms with Crippen LogP contribution in [0.4, 0.5) is 34.1 Å². The fraction of sp³-hybridized carbons (Fsp3) is 0. The number of anilines is 6. The lowest BCUT2D eigenvalue weighted by Crippen LogP contribution is -2.11. The van der Waals surface area contributed by atoms with Crippen LogP contribution in [0.5, 0.6) is 0 Å². The van der Waals surface area contributed by atoms with Crippen molar-refractivity contribution in [2.24, 2.45) is 0 Å². The van der Waals surface area contributed by atoms with E-state index in [1.165, 1.54) is 55.6 Å². The molecule has 3 heteroatoms. The molecule has 0 saturated carbocycles. The summed E-state index contributed by atoms with van der Waals surface area (Å²) in [6, 6.07) is 92.8. The normalized spacial score (nSPS) is 12.3. The molecule has 11 aromatic carbocycles. The summed E-state index contributed by atoms with van der Waals surface area (Å²) in [5.74, 6) is 0. The largest absolute Gasteiger partial charge is 0.455 e. The quantitative estimate of drug-likeness (QED) is 0.172. The lowest BCUT2D eigenvalue weighted by Gasteiger charge is -2.28. The smallest absolute Gasteiger partial charge is 0.143 e. The Labute approximate surface area is 401 Å². The van der Waals surface area contributed by atoms with Crippen LogP contribution >= 0.6 is 0 Å². The zero-order valence-corrected chi connectivity index (χ0v) is 37.6. The standard InChI is InChI=1S/C66H42N2O/c1-2-16-43(17-3-1)45-18-14-19-49(40-45)68-62-30-12-9-25-56(62)52-21-5-7-23-54(52)60-42-47(35-39-64(60)68)46-34-38-63-59(41-46)53-22-6-4-20-51(53)55-24-8-11-29-61(55)67(63)48-36-32-44(33-37-48)50-27-15-28-58-57-26-10-13-31-65(57)69-66(50)58/h1-42H. The summed E-state index contributed by atoms with van der Waals surface area (Å²) in [7, 11) is 0. The molecule has 1 aromatic heterocycles. The van der Waals surface area contributed by atoms with Crippen LogP contribution in [-0.2, 0) is 0 Å². The Morgan fingerprint density at radius 1 is 0.232 bits per heavy atom. The highest BCUT2D eigenvalue weighted by Gasteiger charge is 2.29. The van der Waals surface area contributed by atoms with Crippen LogP contribution in [0.1, 0.15) is 0 Å². The molecule has 0 fully saturated rings. The minimum atomic E-state index is 0.904. The number of para-hydroxylation sites is 4. The van der Waals surface area contributed by atoms with Crippen LogP contribution in [0, 0.1) is 0 Å². The van der Waals surface area contributed by atoms with Crippen molar-refractivity contribution in [3.8, 4) is 77.9 Å². The van der Waals surface area contributed by atoms with Crippen molar-refractivity contribution in [3.05, 3.63) is 255 Å². The third kappa shape index (κ3) is 6.29. The van der Waals surface area contributed by atoms with Gasteiger partial charge in [-0.15, -0.1) is 0 Å². The number of fused-ring (bicyclic) bond motifs is 13. The minimum absolute atomic E-state index is 0.904. The molecule has 0 aliphatic carbocycles. The Hall–Kier alpha value is -9.18. The molecule has 3 nitrogen and oxygen atoms in total. The van der Waals surface area contributed by atoms with Crippen molar-refractivity contribution in [1.29, 1.82) is 0 Å². The van der Waals surface area contributed by atoms with Crippen LogP contribution in [0.3, 0.4) is 0 Å². The molecule has 3 heterocycles. The highest BCUT2D eigenvalue weighted by atomic mass is 16.3. The maximum absolute atomic E-state index is 6.48. The second kappa shape index (κ2) is 15.7. The molecule has 0 N–H and O–H groups in total. The highest BCUT2D eigenvalue weighted by molar-refractivity contribution is 6.10. The topological polar surface area (TPSA) is 19.6 Å². The number of furan rings is 1. The van der Waals surface area contributed by atoms with E-state index in [0.29, 0.717) is 0 Å². The van der Waals surface area contributed by atoms with Crippen molar-refractivity contribution >= 4 is 56.1 Å². The summed E-state index contributed by atoms with van der Waals surface area (Å²) in [5.41, 5.74) is 25.1. The maximum atomic E-state index is 6.48. The van der Waals surface area contributed by atoms with E-state index in [9.17, 15) is 0 Å². The van der Waals surface area contributed by atoms with Gasteiger partial charge in [-0.3, -0.25) is 0 Å². The van der Waals surface area contributed by atoms with E-state index in [1.54, 1.807) is 0 Å². The SMILES string of the molecule is c1ccc(-c2cccc(N3c4ccccc4-c4ccccc4-c4cc(-c5ccc6c(c5)-c5ccccc5-c5ccccc5N6c5ccc(-c6cccc7c6oc6ccccc67)cc5)ccc43)c2)cc1. The summed E-state index contributed by atoms with van der Waals surface area (Å²) in [5, 5.41) is 2.27. The Bertz CT molecular complexity index is 3980. The summed E-state index contributed by atoms with van der Waals surface area (Å²) in [4.78, 5) is 4.89. The highest BCUT2D eigenvalue weighted by Crippen LogP contribution is 2.54. The molecule has 0 amide bonds. The molecule has 0 spiro atoms. The summed E-state index contributed by atoms with van der Waals surface area (Å²) in [6.45, 7) is 0. The van der Waals surface area contributed by atoms with Gasteiger partial charge in [0, 0.05) is 50.0 Å². The third-order valence-electron chi connectivity index (χ3n) is 14.2. The first-order valence-electron chi connectivity index (χ1n) is 23.7. The van der Waals surface area contributed by atoms with Crippen LogP contribution in [0.25, 0.3) is 99.8 Å². The summed E-state index contributed by atoms with van der Waals surface area (Å²) in [6.07, 6.45) is 0. The molecule has 0 radical (unpaired) electrons. The molecule has 69 heavy (non-hydrogen) atoms. The Kier molecular flexibility index (Phi) is 8.90. The van der Waals surface area contributed by atoms with Gasteiger partial charge in [0.2, 0.25) is 0 Å². The first kappa shape index (κ1) is 39.0. The fourth-order valence-electron chi connectivity index (χ4n) is 11.0. The van der Waals surface area contributed by atoms with E-state index in [4.69, 9.17) is 4.42 Å². The average Bonchev–Trinajstić information content (AvgIpc) is 3.69. The molecule has 12 aromatic rings. The van der Waals surface area contributed by atoms with E-state index < -0.39 is 0 Å². The van der Waals surface area contributed by atoms with Crippen LogP contribution in [0.15, 0.2) is 259 Å². The van der Waals surface area contributed by atoms with E-state index in [-0.39, 0.29) is 0 Å². The molecule has 322 valence electrons. The predicted octanol–water partition coefficient (Wildman–Crippen LogP) is 18.8. The van der Waals surface area contributed by atoms with E-state index >= 15 is 0 Å². The predicted molar refractivity (Wildman–Crippen MR) is 288 cm³/mol. The van der Waals surface area contributed by atoms with Crippen molar-refractivity contribution in [3.63, 3.8) is 0 Å². The van der Waals surface area contributed by atoms with E-state index in [0.717, 1.165) is 78.3 Å². The van der Waals surface area contributed by atoms with Crippen molar-refractivity contribution in [1.82, 2.24) is 0 Å². The second-order valence-electron chi connectivity index (χ2n) is 18.0. The van der Waals surface area contributed by atoms with Crippen LogP contribution in [0.2, 0.25) is 0 Å². The molecular formula is C66H42N2O. The molecule has 14 rings (SSSR count).